The predicted octanol–water partition coefficient (Wildman–Crippen LogP) is 16.2. The lowest BCUT2D eigenvalue weighted by atomic mass is 9.90. The van der Waals surface area contributed by atoms with Gasteiger partial charge in [0.15, 0.2) is 0 Å². The molecule has 0 N–H and O–H groups in total. The normalized spacial score (nSPS) is 11.8. The molecule has 12 aromatic rings. The molecular weight excluding hydrogens is 860 g/mol. The van der Waals surface area contributed by atoms with Crippen molar-refractivity contribution in [3.8, 4) is 73.3 Å². The fraction of sp³-hybridized carbons (Fsp3) is 0.0328. The number of hydrogen-bond acceptors (Lipinski definition) is 3. The lowest BCUT2D eigenvalue weighted by Crippen LogP contribution is -2.10. The van der Waals surface area contributed by atoms with Gasteiger partial charge in [0.1, 0.15) is 0 Å². The van der Waals surface area contributed by atoms with Crippen LogP contribution in [0.2, 0.25) is 0 Å². The van der Waals surface area contributed by atoms with Crippen LogP contribution < -0.4 is 0 Å². The number of nitriles is 1. The molecule has 0 amide bonds. The summed E-state index contributed by atoms with van der Waals surface area (Å²) in [5.41, 5.74) is 12.3. The van der Waals surface area contributed by atoms with E-state index in [1.54, 1.807) is 25.1 Å². The third kappa shape index (κ3) is 7.02. The molecule has 0 bridgehead atoms. The summed E-state index contributed by atoms with van der Waals surface area (Å²) in [6, 6.07) is 67.2. The Labute approximate surface area is 395 Å². The van der Waals surface area contributed by atoms with Crippen molar-refractivity contribution in [2.75, 3.05) is 0 Å². The predicted molar refractivity (Wildman–Crippen MR) is 272 cm³/mol. The molecule has 4 heterocycles. The summed E-state index contributed by atoms with van der Waals surface area (Å²) in [5, 5.41) is 14.9. The van der Waals surface area contributed by atoms with Gasteiger partial charge < -0.3 is 9.13 Å². The van der Waals surface area contributed by atoms with Crippen LogP contribution in [0.3, 0.4) is 0 Å². The van der Waals surface area contributed by atoms with E-state index in [4.69, 9.17) is 9.97 Å². The van der Waals surface area contributed by atoms with E-state index in [0.29, 0.717) is 16.9 Å². The zero-order valence-electron chi connectivity index (χ0n) is 37.1. The molecule has 12 rings (SSSR count). The Bertz CT molecular complexity index is 3990. The van der Waals surface area contributed by atoms with Crippen molar-refractivity contribution < 1.29 is 13.2 Å². The van der Waals surface area contributed by atoms with E-state index < -0.39 is 11.7 Å². The van der Waals surface area contributed by atoms with Crippen LogP contribution >= 0.6 is 0 Å². The van der Waals surface area contributed by atoms with Crippen molar-refractivity contribution in [1.82, 2.24) is 19.1 Å². The SMILES string of the molecule is Cc1cccc(C(F)(F)F)c1-c1cc(-n2c3ccccc3c3cc(-c4ccc(-c5ccccc5)nc4)ccc32)c(-n2c3ccccc3c3cc(-c4ccc(-c5ccccc5)nc4)ccc32)cc1C#N. The van der Waals surface area contributed by atoms with Gasteiger partial charge in [0, 0.05) is 61.8 Å². The minimum atomic E-state index is -4.67. The number of aromatic nitrogens is 4. The van der Waals surface area contributed by atoms with Crippen LogP contribution in [0.25, 0.3) is 111 Å². The maximum atomic E-state index is 15.0. The smallest absolute Gasteiger partial charge is 0.307 e. The minimum absolute atomic E-state index is 0.0254. The monoisotopic (exact) mass is 897 g/mol. The highest BCUT2D eigenvalue weighted by atomic mass is 19.4. The third-order valence-electron chi connectivity index (χ3n) is 13.2. The summed E-state index contributed by atoms with van der Waals surface area (Å²) < 4.78 is 49.4. The van der Waals surface area contributed by atoms with Gasteiger partial charge in [0.2, 0.25) is 0 Å². The Morgan fingerprint density at radius 3 is 1.38 bits per heavy atom. The van der Waals surface area contributed by atoms with Crippen LogP contribution in [0, 0.1) is 18.3 Å². The molecule has 0 radical (unpaired) electrons. The molecule has 0 spiro atoms. The standard InChI is InChI=1S/C61H38F3N5/c1-38-13-12-20-51(61(62,63)64)60(38)48-34-59(69-55-22-11-9-19-47(55)50-32-42(26-30-57(50)69)44-24-28-53(67-37-44)40-16-6-3-7-17-40)58(33-45(48)35-65)68-54-21-10-8-18-46(54)49-31-41(25-29-56(49)68)43-23-27-52(66-36-43)39-14-4-2-5-15-39/h2-34,36-37H,1H3. The van der Waals surface area contributed by atoms with Crippen LogP contribution in [0.5, 0.6) is 0 Å². The summed E-state index contributed by atoms with van der Waals surface area (Å²) in [7, 11) is 0. The van der Waals surface area contributed by atoms with Crippen molar-refractivity contribution in [3.63, 3.8) is 0 Å². The fourth-order valence-electron chi connectivity index (χ4n) is 10.0. The van der Waals surface area contributed by atoms with E-state index in [-0.39, 0.29) is 16.7 Å². The molecule has 8 aromatic carbocycles. The average Bonchev–Trinajstić information content (AvgIpc) is 3.90. The number of nitrogens with zero attached hydrogens (tertiary/aromatic N) is 5. The van der Waals surface area contributed by atoms with Crippen LogP contribution in [-0.4, -0.2) is 19.1 Å². The molecule has 8 heteroatoms. The molecule has 69 heavy (non-hydrogen) atoms. The summed E-state index contributed by atoms with van der Waals surface area (Å²) in [5.74, 6) is 0. The van der Waals surface area contributed by atoms with Gasteiger partial charge in [0.05, 0.1) is 62.0 Å². The third-order valence-corrected chi connectivity index (χ3v) is 13.2. The quantitative estimate of drug-likeness (QED) is 0.160. The first kappa shape index (κ1) is 41.4. The largest absolute Gasteiger partial charge is 0.417 e. The van der Waals surface area contributed by atoms with Crippen LogP contribution in [-0.2, 0) is 6.18 Å². The van der Waals surface area contributed by atoms with Crippen molar-refractivity contribution in [2.24, 2.45) is 0 Å². The molecule has 0 atom stereocenters. The molecule has 0 fully saturated rings. The topological polar surface area (TPSA) is 59.4 Å². The summed E-state index contributed by atoms with van der Waals surface area (Å²) in [6.07, 6.45) is -0.895. The number of alkyl halides is 3. The van der Waals surface area contributed by atoms with Gasteiger partial charge in [-0.25, -0.2) is 0 Å². The number of halogens is 3. The van der Waals surface area contributed by atoms with Gasteiger partial charge in [-0.3, -0.25) is 9.97 Å². The number of rotatable bonds is 7. The maximum absolute atomic E-state index is 15.0. The Kier molecular flexibility index (Phi) is 9.82. The Morgan fingerprint density at radius 2 is 0.899 bits per heavy atom. The average molecular weight is 898 g/mol. The molecule has 0 unspecified atom stereocenters. The van der Waals surface area contributed by atoms with Gasteiger partial charge in [-0.15, -0.1) is 0 Å². The van der Waals surface area contributed by atoms with E-state index in [1.807, 2.05) is 122 Å². The highest BCUT2D eigenvalue weighted by Crippen LogP contribution is 2.45. The first-order chi connectivity index (χ1) is 33.7. The zero-order chi connectivity index (χ0) is 46.8. The van der Waals surface area contributed by atoms with E-state index in [9.17, 15) is 5.26 Å². The molecule has 0 aliphatic heterocycles. The number of fused-ring (bicyclic) bond motifs is 6. The Balaban J connectivity index is 1.11. The highest BCUT2D eigenvalue weighted by molar-refractivity contribution is 6.13. The maximum Gasteiger partial charge on any atom is 0.417 e. The number of aryl methyl sites for hydroxylation is 1. The van der Waals surface area contributed by atoms with Crippen LogP contribution in [0.4, 0.5) is 13.2 Å². The minimum Gasteiger partial charge on any atom is -0.307 e. The molecule has 328 valence electrons. The van der Waals surface area contributed by atoms with E-state index in [0.717, 1.165) is 94.4 Å². The summed E-state index contributed by atoms with van der Waals surface area (Å²) >= 11 is 0. The first-order valence-electron chi connectivity index (χ1n) is 22.6. The number of para-hydroxylation sites is 2. The first-order valence-corrected chi connectivity index (χ1v) is 22.6. The lowest BCUT2D eigenvalue weighted by molar-refractivity contribution is -0.137. The van der Waals surface area contributed by atoms with E-state index in [1.165, 1.54) is 6.07 Å². The van der Waals surface area contributed by atoms with Gasteiger partial charge >= 0.3 is 6.18 Å². The Morgan fingerprint density at radius 1 is 0.435 bits per heavy atom. The van der Waals surface area contributed by atoms with Gasteiger partial charge in [0.25, 0.3) is 0 Å². The Hall–Kier alpha value is -9.06. The van der Waals surface area contributed by atoms with Crippen molar-refractivity contribution in [3.05, 3.63) is 229 Å². The molecule has 0 aliphatic carbocycles. The number of benzene rings is 8. The summed E-state index contributed by atoms with van der Waals surface area (Å²) in [6.45, 7) is 1.66. The van der Waals surface area contributed by atoms with Crippen LogP contribution in [0.1, 0.15) is 16.7 Å². The van der Waals surface area contributed by atoms with Crippen molar-refractivity contribution in [2.45, 2.75) is 13.1 Å². The van der Waals surface area contributed by atoms with Crippen molar-refractivity contribution >= 4 is 43.6 Å². The van der Waals surface area contributed by atoms with E-state index in [2.05, 4.69) is 75.9 Å². The van der Waals surface area contributed by atoms with Crippen LogP contribution in [0.15, 0.2) is 213 Å². The molecule has 0 saturated carbocycles. The number of hydrogen-bond donors (Lipinski definition) is 0. The summed E-state index contributed by atoms with van der Waals surface area (Å²) in [4.78, 5) is 9.63. The lowest BCUT2D eigenvalue weighted by Gasteiger charge is -2.22. The number of pyridine rings is 2. The molecule has 4 aromatic heterocycles. The van der Waals surface area contributed by atoms with Gasteiger partial charge in [-0.2, -0.15) is 18.4 Å². The fourth-order valence-corrected chi connectivity index (χ4v) is 10.0. The molecule has 5 nitrogen and oxygen atoms in total. The molecule has 0 saturated heterocycles. The zero-order valence-corrected chi connectivity index (χ0v) is 37.1. The molecule has 0 aliphatic rings. The molecular formula is C61H38F3N5. The van der Waals surface area contributed by atoms with Crippen molar-refractivity contribution in [1.29, 1.82) is 5.26 Å². The highest BCUT2D eigenvalue weighted by Gasteiger charge is 2.35. The van der Waals surface area contributed by atoms with Gasteiger partial charge in [-0.1, -0.05) is 133 Å². The van der Waals surface area contributed by atoms with Gasteiger partial charge in [-0.05, 0) is 95.9 Å². The second-order valence-corrected chi connectivity index (χ2v) is 17.3. The second kappa shape index (κ2) is 16.4. The van der Waals surface area contributed by atoms with E-state index >= 15 is 13.2 Å². The second-order valence-electron chi connectivity index (χ2n) is 17.3.